The number of aliphatic carboxylic acids is 1. The molecule has 1 aromatic heterocycles. The summed E-state index contributed by atoms with van der Waals surface area (Å²) < 4.78 is 0.957. The van der Waals surface area contributed by atoms with Gasteiger partial charge in [-0.2, -0.15) is 0 Å². The molecule has 1 fully saturated rings. The number of likely N-dealkylation sites (tertiary alicyclic amines) is 1. The first-order valence-electron chi connectivity index (χ1n) is 4.71. The number of carbonyl (C=O) groups is 1. The molecule has 1 saturated heterocycles. The predicted molar refractivity (Wildman–Crippen MR) is 58.3 cm³/mol. The SMILES string of the molecule is O=C(O)C1CN(Cc2ccc(Br)cn2)C1. The van der Waals surface area contributed by atoms with Gasteiger partial charge in [0.15, 0.2) is 0 Å². The number of aromatic nitrogens is 1. The van der Waals surface area contributed by atoms with E-state index >= 15 is 0 Å². The predicted octanol–water partition coefficient (Wildman–Crippen LogP) is 1.36. The second-order valence-electron chi connectivity index (χ2n) is 3.70. The van der Waals surface area contributed by atoms with Crippen LogP contribution in [0.15, 0.2) is 22.8 Å². The largest absolute Gasteiger partial charge is 0.481 e. The van der Waals surface area contributed by atoms with Gasteiger partial charge in [0.1, 0.15) is 0 Å². The van der Waals surface area contributed by atoms with Crippen LogP contribution >= 0.6 is 15.9 Å². The van der Waals surface area contributed by atoms with Crippen LogP contribution in [0.1, 0.15) is 5.69 Å². The van der Waals surface area contributed by atoms with Crippen molar-refractivity contribution in [1.82, 2.24) is 9.88 Å². The molecule has 0 saturated carbocycles. The van der Waals surface area contributed by atoms with Crippen molar-refractivity contribution >= 4 is 21.9 Å². The molecule has 1 aliphatic heterocycles. The van der Waals surface area contributed by atoms with Crippen molar-refractivity contribution in [1.29, 1.82) is 0 Å². The van der Waals surface area contributed by atoms with E-state index in [9.17, 15) is 4.79 Å². The number of carboxylic acid groups (broad SMARTS) is 1. The Bertz CT molecular complexity index is 360. The van der Waals surface area contributed by atoms with Gasteiger partial charge in [0.05, 0.1) is 11.6 Å². The molecule has 1 aliphatic rings. The minimum absolute atomic E-state index is 0.194. The molecule has 5 heteroatoms. The molecule has 0 bridgehead atoms. The maximum Gasteiger partial charge on any atom is 0.309 e. The van der Waals surface area contributed by atoms with Gasteiger partial charge in [-0.1, -0.05) is 0 Å². The summed E-state index contributed by atoms with van der Waals surface area (Å²) in [6.45, 7) is 2.00. The summed E-state index contributed by atoms with van der Waals surface area (Å²) in [7, 11) is 0. The molecule has 0 radical (unpaired) electrons. The lowest BCUT2D eigenvalue weighted by atomic mass is 10.0. The van der Waals surface area contributed by atoms with Gasteiger partial charge >= 0.3 is 5.97 Å². The molecular formula is C10H11BrN2O2. The van der Waals surface area contributed by atoms with E-state index in [4.69, 9.17) is 5.11 Å². The lowest BCUT2D eigenvalue weighted by Gasteiger charge is -2.36. The highest BCUT2D eigenvalue weighted by Gasteiger charge is 2.32. The summed E-state index contributed by atoms with van der Waals surface area (Å²) in [6.07, 6.45) is 1.75. The van der Waals surface area contributed by atoms with Crippen LogP contribution in [0.5, 0.6) is 0 Å². The first-order valence-corrected chi connectivity index (χ1v) is 5.50. The Labute approximate surface area is 96.1 Å². The third-order valence-corrected chi connectivity index (χ3v) is 2.95. The smallest absolute Gasteiger partial charge is 0.309 e. The second-order valence-corrected chi connectivity index (χ2v) is 4.61. The summed E-state index contributed by atoms with van der Waals surface area (Å²) in [5.41, 5.74) is 0.974. The number of carboxylic acids is 1. The maximum atomic E-state index is 10.6. The summed E-state index contributed by atoms with van der Waals surface area (Å²) in [5, 5.41) is 8.71. The van der Waals surface area contributed by atoms with Crippen LogP contribution in [0.25, 0.3) is 0 Å². The number of nitrogens with zero attached hydrogens (tertiary/aromatic N) is 2. The van der Waals surface area contributed by atoms with Gasteiger partial charge in [0.2, 0.25) is 0 Å². The fraction of sp³-hybridized carbons (Fsp3) is 0.400. The van der Waals surface area contributed by atoms with Crippen molar-refractivity contribution in [3.8, 4) is 0 Å². The summed E-state index contributed by atoms with van der Waals surface area (Å²) in [6, 6.07) is 3.88. The number of rotatable bonds is 3. The Morgan fingerprint density at radius 3 is 2.87 bits per heavy atom. The highest BCUT2D eigenvalue weighted by atomic mass is 79.9. The first kappa shape index (κ1) is 10.6. The normalized spacial score (nSPS) is 17.4. The molecular weight excluding hydrogens is 260 g/mol. The molecule has 0 atom stereocenters. The molecule has 0 unspecified atom stereocenters. The summed E-state index contributed by atoms with van der Waals surface area (Å²) in [4.78, 5) is 16.9. The molecule has 0 spiro atoms. The molecule has 0 aliphatic carbocycles. The molecule has 15 heavy (non-hydrogen) atoms. The standard InChI is InChI=1S/C10H11BrN2O2/c11-8-1-2-9(12-3-8)6-13-4-7(5-13)10(14)15/h1-3,7H,4-6H2,(H,14,15). The van der Waals surface area contributed by atoms with Gasteiger partial charge in [-0.25, -0.2) is 0 Å². The van der Waals surface area contributed by atoms with Crippen LogP contribution in [0.4, 0.5) is 0 Å². The van der Waals surface area contributed by atoms with E-state index in [0.29, 0.717) is 13.1 Å². The van der Waals surface area contributed by atoms with E-state index in [2.05, 4.69) is 25.8 Å². The van der Waals surface area contributed by atoms with E-state index in [1.54, 1.807) is 6.20 Å². The Hall–Kier alpha value is -0.940. The van der Waals surface area contributed by atoms with Gasteiger partial charge in [0.25, 0.3) is 0 Å². The van der Waals surface area contributed by atoms with Crippen molar-refractivity contribution in [3.05, 3.63) is 28.5 Å². The number of pyridine rings is 1. The van der Waals surface area contributed by atoms with Crippen LogP contribution < -0.4 is 0 Å². The van der Waals surface area contributed by atoms with Crippen molar-refractivity contribution in [2.45, 2.75) is 6.54 Å². The topological polar surface area (TPSA) is 53.4 Å². The molecule has 0 amide bonds. The molecule has 0 aromatic carbocycles. The fourth-order valence-electron chi connectivity index (χ4n) is 1.58. The van der Waals surface area contributed by atoms with E-state index in [0.717, 1.165) is 16.7 Å². The lowest BCUT2D eigenvalue weighted by molar-refractivity contribution is -0.147. The lowest BCUT2D eigenvalue weighted by Crippen LogP contribution is -2.49. The van der Waals surface area contributed by atoms with E-state index in [-0.39, 0.29) is 5.92 Å². The van der Waals surface area contributed by atoms with Crippen LogP contribution in [0, 0.1) is 5.92 Å². The van der Waals surface area contributed by atoms with Crippen LogP contribution in [-0.2, 0) is 11.3 Å². The van der Waals surface area contributed by atoms with Gasteiger partial charge in [0, 0.05) is 30.3 Å². The van der Waals surface area contributed by atoms with E-state index < -0.39 is 5.97 Å². The maximum absolute atomic E-state index is 10.6. The van der Waals surface area contributed by atoms with Crippen LogP contribution in [0.2, 0.25) is 0 Å². The van der Waals surface area contributed by atoms with Crippen LogP contribution in [0.3, 0.4) is 0 Å². The van der Waals surface area contributed by atoms with Gasteiger partial charge in [-0.3, -0.25) is 14.7 Å². The highest BCUT2D eigenvalue weighted by molar-refractivity contribution is 9.10. The average Bonchev–Trinajstić information content (AvgIpc) is 2.13. The Balaban J connectivity index is 1.85. The minimum Gasteiger partial charge on any atom is -0.481 e. The Kier molecular flexibility index (Phi) is 3.02. The molecule has 4 nitrogen and oxygen atoms in total. The van der Waals surface area contributed by atoms with Crippen molar-refractivity contribution < 1.29 is 9.90 Å². The van der Waals surface area contributed by atoms with Crippen molar-refractivity contribution in [3.63, 3.8) is 0 Å². The summed E-state index contributed by atoms with van der Waals surface area (Å²) >= 11 is 3.32. The first-order chi connectivity index (χ1) is 7.15. The fourth-order valence-corrected chi connectivity index (χ4v) is 1.82. The molecule has 2 rings (SSSR count). The van der Waals surface area contributed by atoms with Gasteiger partial charge in [-0.15, -0.1) is 0 Å². The third-order valence-electron chi connectivity index (χ3n) is 2.48. The minimum atomic E-state index is -0.699. The average molecular weight is 271 g/mol. The molecule has 2 heterocycles. The molecule has 1 N–H and O–H groups in total. The van der Waals surface area contributed by atoms with Gasteiger partial charge in [-0.05, 0) is 28.1 Å². The van der Waals surface area contributed by atoms with Crippen LogP contribution in [-0.4, -0.2) is 34.0 Å². The number of hydrogen-bond acceptors (Lipinski definition) is 3. The third kappa shape index (κ3) is 2.54. The molecule has 1 aromatic rings. The Morgan fingerprint density at radius 1 is 1.60 bits per heavy atom. The number of halogens is 1. The zero-order valence-corrected chi connectivity index (χ0v) is 9.64. The van der Waals surface area contributed by atoms with Crippen molar-refractivity contribution in [2.75, 3.05) is 13.1 Å². The zero-order valence-electron chi connectivity index (χ0n) is 8.06. The summed E-state index contributed by atoms with van der Waals surface area (Å²) in [5.74, 6) is -0.893. The second kappa shape index (κ2) is 4.28. The van der Waals surface area contributed by atoms with Crippen molar-refractivity contribution in [2.24, 2.45) is 5.92 Å². The zero-order chi connectivity index (χ0) is 10.8. The monoisotopic (exact) mass is 270 g/mol. The Morgan fingerprint density at radius 2 is 2.33 bits per heavy atom. The highest BCUT2D eigenvalue weighted by Crippen LogP contribution is 2.18. The number of hydrogen-bond donors (Lipinski definition) is 1. The van der Waals surface area contributed by atoms with E-state index in [1.165, 1.54) is 0 Å². The quantitative estimate of drug-likeness (QED) is 0.901. The molecule has 80 valence electrons. The van der Waals surface area contributed by atoms with Gasteiger partial charge < -0.3 is 5.11 Å². The van der Waals surface area contributed by atoms with E-state index in [1.807, 2.05) is 12.1 Å².